The van der Waals surface area contributed by atoms with Gasteiger partial charge >= 0.3 is 0 Å². The second kappa shape index (κ2) is 6.10. The van der Waals surface area contributed by atoms with E-state index in [1.54, 1.807) is 6.07 Å². The zero-order valence-corrected chi connectivity index (χ0v) is 11.2. The fraction of sp³-hybridized carbons (Fsp3) is 0.214. The van der Waals surface area contributed by atoms with Crippen LogP contribution in [0.5, 0.6) is 5.88 Å². The van der Waals surface area contributed by atoms with E-state index in [4.69, 9.17) is 4.74 Å². The molecular weight excluding hydrogens is 261 g/mol. The Morgan fingerprint density at radius 2 is 2.20 bits per heavy atom. The van der Waals surface area contributed by atoms with E-state index in [-0.39, 0.29) is 11.6 Å². The molecular formula is C14H14FN3O2. The average Bonchev–Trinajstić information content (AvgIpc) is 2.41. The average molecular weight is 275 g/mol. The van der Waals surface area contributed by atoms with Crippen LogP contribution in [0.15, 0.2) is 30.6 Å². The fourth-order valence-corrected chi connectivity index (χ4v) is 1.67. The van der Waals surface area contributed by atoms with Crippen molar-refractivity contribution in [1.82, 2.24) is 9.97 Å². The van der Waals surface area contributed by atoms with Gasteiger partial charge in [-0.05, 0) is 19.1 Å². The van der Waals surface area contributed by atoms with Crippen LogP contribution in [0.2, 0.25) is 0 Å². The maximum Gasteiger partial charge on any atom is 0.232 e. The van der Waals surface area contributed by atoms with E-state index >= 15 is 0 Å². The van der Waals surface area contributed by atoms with Crippen LogP contribution in [0.4, 0.5) is 10.1 Å². The summed E-state index contributed by atoms with van der Waals surface area (Å²) < 4.78 is 19.1. The molecule has 0 saturated carbocycles. The summed E-state index contributed by atoms with van der Waals surface area (Å²) in [5.41, 5.74) is 1.20. The highest BCUT2D eigenvalue weighted by molar-refractivity contribution is 5.89. The van der Waals surface area contributed by atoms with Crippen molar-refractivity contribution in [3.8, 4) is 17.1 Å². The molecule has 0 aliphatic rings. The van der Waals surface area contributed by atoms with Crippen molar-refractivity contribution in [3.05, 3.63) is 36.4 Å². The number of nitrogens with zero attached hydrogens (tertiary/aromatic N) is 2. The van der Waals surface area contributed by atoms with Crippen LogP contribution in [-0.4, -0.2) is 22.5 Å². The summed E-state index contributed by atoms with van der Waals surface area (Å²) >= 11 is 0. The highest BCUT2D eigenvalue weighted by Crippen LogP contribution is 2.23. The number of aromatic nitrogens is 2. The molecule has 2 aromatic rings. The van der Waals surface area contributed by atoms with E-state index in [2.05, 4.69) is 15.3 Å². The zero-order valence-electron chi connectivity index (χ0n) is 11.2. The lowest BCUT2D eigenvalue weighted by atomic mass is 10.1. The Morgan fingerprint density at radius 1 is 1.40 bits per heavy atom. The van der Waals surface area contributed by atoms with Crippen molar-refractivity contribution >= 4 is 11.6 Å². The summed E-state index contributed by atoms with van der Waals surface area (Å²) in [5, 5.41) is 2.41. The number of nitrogens with one attached hydrogen (secondary N) is 1. The molecule has 2 rings (SSSR count). The van der Waals surface area contributed by atoms with Crippen LogP contribution in [0.25, 0.3) is 11.3 Å². The van der Waals surface area contributed by atoms with Crippen LogP contribution in [0.1, 0.15) is 13.8 Å². The zero-order chi connectivity index (χ0) is 14.5. The number of anilines is 1. The fourth-order valence-electron chi connectivity index (χ4n) is 1.67. The van der Waals surface area contributed by atoms with Crippen LogP contribution in [0, 0.1) is 5.82 Å². The Kier molecular flexibility index (Phi) is 4.24. The second-order valence-corrected chi connectivity index (χ2v) is 4.05. The van der Waals surface area contributed by atoms with Gasteiger partial charge in [-0.15, -0.1) is 0 Å². The third kappa shape index (κ3) is 3.28. The van der Waals surface area contributed by atoms with E-state index in [0.29, 0.717) is 23.7 Å². The van der Waals surface area contributed by atoms with Crippen LogP contribution >= 0.6 is 0 Å². The minimum atomic E-state index is -0.527. The molecule has 0 radical (unpaired) electrons. The lowest BCUT2D eigenvalue weighted by molar-refractivity contribution is -0.114. The molecule has 0 saturated heterocycles. The van der Waals surface area contributed by atoms with Gasteiger partial charge in [-0.1, -0.05) is 6.07 Å². The lowest BCUT2D eigenvalue weighted by Gasteiger charge is -2.07. The van der Waals surface area contributed by atoms with E-state index < -0.39 is 5.82 Å². The minimum absolute atomic E-state index is 0.134. The number of amides is 1. The molecule has 0 aliphatic carbocycles. The minimum Gasteiger partial charge on any atom is -0.477 e. The van der Waals surface area contributed by atoms with Crippen molar-refractivity contribution in [2.75, 3.05) is 11.9 Å². The van der Waals surface area contributed by atoms with Crippen molar-refractivity contribution < 1.29 is 13.9 Å². The molecule has 104 valence electrons. The second-order valence-electron chi connectivity index (χ2n) is 4.05. The number of carbonyl (C=O) groups excluding carboxylic acids is 1. The molecule has 6 heteroatoms. The number of rotatable bonds is 4. The normalized spacial score (nSPS) is 10.2. The molecule has 0 fully saturated rings. The first-order valence-corrected chi connectivity index (χ1v) is 6.12. The van der Waals surface area contributed by atoms with E-state index in [1.165, 1.54) is 31.5 Å². The molecule has 1 heterocycles. The number of carbonyl (C=O) groups is 1. The van der Waals surface area contributed by atoms with E-state index in [0.717, 1.165) is 0 Å². The maximum atomic E-state index is 13.9. The van der Waals surface area contributed by atoms with Crippen LogP contribution < -0.4 is 10.1 Å². The SMILES string of the molecule is CCOc1cncc(-c2ccc(NC(C)=O)c(F)c2)n1. The molecule has 0 atom stereocenters. The van der Waals surface area contributed by atoms with Gasteiger partial charge in [-0.2, -0.15) is 0 Å². The summed E-state index contributed by atoms with van der Waals surface area (Å²) in [6.45, 7) is 3.65. The summed E-state index contributed by atoms with van der Waals surface area (Å²) in [7, 11) is 0. The number of hydrogen-bond acceptors (Lipinski definition) is 4. The molecule has 0 bridgehead atoms. The van der Waals surface area contributed by atoms with Gasteiger partial charge in [0.15, 0.2) is 0 Å². The van der Waals surface area contributed by atoms with E-state index in [9.17, 15) is 9.18 Å². The third-order valence-electron chi connectivity index (χ3n) is 2.48. The molecule has 0 unspecified atom stereocenters. The number of hydrogen-bond donors (Lipinski definition) is 1. The highest BCUT2D eigenvalue weighted by Gasteiger charge is 2.08. The monoisotopic (exact) mass is 275 g/mol. The quantitative estimate of drug-likeness (QED) is 0.931. The Labute approximate surface area is 115 Å². The van der Waals surface area contributed by atoms with Crippen molar-refractivity contribution in [1.29, 1.82) is 0 Å². The Hall–Kier alpha value is -2.50. The summed E-state index contributed by atoms with van der Waals surface area (Å²) in [5.74, 6) is -0.465. The molecule has 20 heavy (non-hydrogen) atoms. The number of ether oxygens (including phenoxy) is 1. The largest absolute Gasteiger partial charge is 0.477 e. The van der Waals surface area contributed by atoms with Gasteiger partial charge in [0.2, 0.25) is 11.8 Å². The van der Waals surface area contributed by atoms with Crippen molar-refractivity contribution in [3.63, 3.8) is 0 Å². The number of benzene rings is 1. The summed E-state index contributed by atoms with van der Waals surface area (Å²) in [4.78, 5) is 19.1. The molecule has 0 spiro atoms. The number of halogens is 1. The molecule has 1 aromatic carbocycles. The summed E-state index contributed by atoms with van der Waals surface area (Å²) in [6, 6.07) is 4.44. The van der Waals surface area contributed by atoms with E-state index in [1.807, 2.05) is 6.92 Å². The predicted octanol–water partition coefficient (Wildman–Crippen LogP) is 2.64. The van der Waals surface area contributed by atoms with Crippen LogP contribution in [-0.2, 0) is 4.79 Å². The van der Waals surface area contributed by atoms with Crippen molar-refractivity contribution in [2.24, 2.45) is 0 Å². The molecule has 1 aromatic heterocycles. The Balaban J connectivity index is 2.31. The van der Waals surface area contributed by atoms with Gasteiger partial charge in [-0.3, -0.25) is 9.78 Å². The van der Waals surface area contributed by atoms with Gasteiger partial charge in [-0.25, -0.2) is 9.37 Å². The Morgan fingerprint density at radius 3 is 2.85 bits per heavy atom. The predicted molar refractivity (Wildman–Crippen MR) is 72.9 cm³/mol. The Bertz CT molecular complexity index is 632. The third-order valence-corrected chi connectivity index (χ3v) is 2.48. The first-order valence-electron chi connectivity index (χ1n) is 6.12. The molecule has 5 nitrogen and oxygen atoms in total. The molecule has 1 amide bonds. The topological polar surface area (TPSA) is 64.1 Å². The van der Waals surface area contributed by atoms with Gasteiger partial charge < -0.3 is 10.1 Å². The molecule has 0 aliphatic heterocycles. The maximum absolute atomic E-state index is 13.9. The van der Waals surface area contributed by atoms with Gasteiger partial charge in [0.1, 0.15) is 5.82 Å². The lowest BCUT2D eigenvalue weighted by Crippen LogP contribution is -2.07. The highest BCUT2D eigenvalue weighted by atomic mass is 19.1. The summed E-state index contributed by atoms with van der Waals surface area (Å²) in [6.07, 6.45) is 3.02. The smallest absolute Gasteiger partial charge is 0.232 e. The van der Waals surface area contributed by atoms with Gasteiger partial charge in [0, 0.05) is 12.5 Å². The van der Waals surface area contributed by atoms with Gasteiger partial charge in [0.25, 0.3) is 0 Å². The molecule has 1 N–H and O–H groups in total. The first-order chi connectivity index (χ1) is 9.60. The van der Waals surface area contributed by atoms with Crippen molar-refractivity contribution in [2.45, 2.75) is 13.8 Å². The van der Waals surface area contributed by atoms with Gasteiger partial charge in [0.05, 0.1) is 30.4 Å². The van der Waals surface area contributed by atoms with Crippen LogP contribution in [0.3, 0.4) is 0 Å². The first kappa shape index (κ1) is 13.9. The standard InChI is InChI=1S/C14H14FN3O2/c1-3-20-14-8-16-7-13(18-14)10-4-5-12(11(15)6-10)17-9(2)19/h4-8H,3H2,1-2H3,(H,17,19).